The van der Waals surface area contributed by atoms with Gasteiger partial charge in [-0.05, 0) is 31.6 Å². The molecule has 0 amide bonds. The number of benzene rings is 2. The Kier molecular flexibility index (Phi) is 7.27. The van der Waals surface area contributed by atoms with Gasteiger partial charge in [-0.1, -0.05) is 67.6 Å². The number of ether oxygens (including phenoxy) is 1. The molecule has 1 N–H and O–H groups in total. The standard InChI is InChI=1S/C20H28N2O/c1-4-19(21-2)22(3)15-16-23-20(17-11-7-5-8-12-17)18-13-9-6-10-14-18/h5-14,19-21H,4,15-16H2,1-3H3. The third-order valence-corrected chi connectivity index (χ3v) is 4.19. The SMILES string of the molecule is CCC(NC)N(C)CCOC(c1ccccc1)c1ccccc1. The van der Waals surface area contributed by atoms with Gasteiger partial charge in [0.2, 0.25) is 0 Å². The summed E-state index contributed by atoms with van der Waals surface area (Å²) in [7, 11) is 4.14. The predicted molar refractivity (Wildman–Crippen MR) is 96.4 cm³/mol. The molecule has 0 saturated carbocycles. The maximum absolute atomic E-state index is 6.25. The van der Waals surface area contributed by atoms with Gasteiger partial charge in [0.1, 0.15) is 6.10 Å². The lowest BCUT2D eigenvalue weighted by atomic mass is 10.0. The van der Waals surface area contributed by atoms with Crippen molar-refractivity contribution in [3.63, 3.8) is 0 Å². The molecule has 0 heterocycles. The summed E-state index contributed by atoms with van der Waals surface area (Å²) in [4.78, 5) is 2.30. The lowest BCUT2D eigenvalue weighted by Crippen LogP contribution is -2.42. The molecule has 0 saturated heterocycles. The summed E-state index contributed by atoms with van der Waals surface area (Å²) in [6, 6.07) is 20.9. The maximum atomic E-state index is 6.25. The van der Waals surface area contributed by atoms with Crippen molar-refractivity contribution in [1.29, 1.82) is 0 Å². The molecule has 0 aliphatic heterocycles. The molecule has 2 rings (SSSR count). The Morgan fingerprint density at radius 2 is 1.48 bits per heavy atom. The molecule has 2 aromatic carbocycles. The van der Waals surface area contributed by atoms with Gasteiger partial charge in [-0.25, -0.2) is 0 Å². The minimum absolute atomic E-state index is 0.0135. The third kappa shape index (κ3) is 5.17. The molecule has 3 heteroatoms. The molecular formula is C20H28N2O. The first-order valence-electron chi connectivity index (χ1n) is 8.35. The largest absolute Gasteiger partial charge is 0.367 e. The van der Waals surface area contributed by atoms with Crippen LogP contribution in [0.5, 0.6) is 0 Å². The monoisotopic (exact) mass is 312 g/mol. The fourth-order valence-electron chi connectivity index (χ4n) is 2.85. The van der Waals surface area contributed by atoms with Gasteiger partial charge in [0.15, 0.2) is 0 Å². The van der Waals surface area contributed by atoms with Crippen LogP contribution in [0.1, 0.15) is 30.6 Å². The van der Waals surface area contributed by atoms with Crippen LogP contribution in [0.4, 0.5) is 0 Å². The maximum Gasteiger partial charge on any atom is 0.108 e. The van der Waals surface area contributed by atoms with Gasteiger partial charge in [-0.3, -0.25) is 4.90 Å². The van der Waals surface area contributed by atoms with Crippen LogP contribution in [-0.4, -0.2) is 38.3 Å². The Balaban J connectivity index is 2.02. The van der Waals surface area contributed by atoms with E-state index in [1.807, 2.05) is 19.2 Å². The van der Waals surface area contributed by atoms with E-state index in [0.717, 1.165) is 13.0 Å². The molecule has 2 aromatic rings. The van der Waals surface area contributed by atoms with Gasteiger partial charge >= 0.3 is 0 Å². The molecule has 1 unspecified atom stereocenters. The van der Waals surface area contributed by atoms with Crippen LogP contribution in [0.25, 0.3) is 0 Å². The van der Waals surface area contributed by atoms with E-state index in [1.165, 1.54) is 11.1 Å². The van der Waals surface area contributed by atoms with E-state index >= 15 is 0 Å². The Morgan fingerprint density at radius 1 is 0.957 bits per heavy atom. The molecule has 3 nitrogen and oxygen atoms in total. The van der Waals surface area contributed by atoms with Crippen molar-refractivity contribution in [2.24, 2.45) is 0 Å². The summed E-state index contributed by atoms with van der Waals surface area (Å²) < 4.78 is 6.25. The molecule has 0 aliphatic carbocycles. The van der Waals surface area contributed by atoms with Gasteiger partial charge in [0.05, 0.1) is 12.8 Å². The summed E-state index contributed by atoms with van der Waals surface area (Å²) in [5.74, 6) is 0. The average molecular weight is 312 g/mol. The van der Waals surface area contributed by atoms with Gasteiger partial charge in [-0.2, -0.15) is 0 Å². The van der Waals surface area contributed by atoms with Crippen molar-refractivity contribution in [3.05, 3.63) is 71.8 Å². The second kappa shape index (κ2) is 9.46. The minimum atomic E-state index is -0.0135. The van der Waals surface area contributed by atoms with Gasteiger partial charge in [0, 0.05) is 6.54 Å². The molecule has 1 atom stereocenters. The van der Waals surface area contributed by atoms with Crippen LogP contribution in [0.3, 0.4) is 0 Å². The number of hydrogen-bond donors (Lipinski definition) is 1. The zero-order chi connectivity index (χ0) is 16.5. The first-order valence-corrected chi connectivity index (χ1v) is 8.35. The van der Waals surface area contributed by atoms with Crippen molar-refractivity contribution in [1.82, 2.24) is 10.2 Å². The lowest BCUT2D eigenvalue weighted by Gasteiger charge is -2.27. The first-order chi connectivity index (χ1) is 11.3. The van der Waals surface area contributed by atoms with Crippen molar-refractivity contribution in [3.8, 4) is 0 Å². The minimum Gasteiger partial charge on any atom is -0.367 e. The molecule has 23 heavy (non-hydrogen) atoms. The Hall–Kier alpha value is -1.68. The number of hydrogen-bond acceptors (Lipinski definition) is 3. The molecule has 0 aromatic heterocycles. The number of nitrogens with zero attached hydrogens (tertiary/aromatic N) is 1. The van der Waals surface area contributed by atoms with Gasteiger partial charge < -0.3 is 10.1 Å². The third-order valence-electron chi connectivity index (χ3n) is 4.19. The Morgan fingerprint density at radius 3 is 1.91 bits per heavy atom. The topological polar surface area (TPSA) is 24.5 Å². The highest BCUT2D eigenvalue weighted by Gasteiger charge is 2.15. The van der Waals surface area contributed by atoms with Crippen molar-refractivity contribution >= 4 is 0 Å². The second-order valence-corrected chi connectivity index (χ2v) is 5.77. The van der Waals surface area contributed by atoms with E-state index in [4.69, 9.17) is 4.74 Å². The second-order valence-electron chi connectivity index (χ2n) is 5.77. The number of rotatable bonds is 9. The zero-order valence-electron chi connectivity index (χ0n) is 14.4. The van der Waals surface area contributed by atoms with E-state index in [0.29, 0.717) is 12.8 Å². The average Bonchev–Trinajstić information content (AvgIpc) is 2.61. The van der Waals surface area contributed by atoms with E-state index in [-0.39, 0.29) is 6.10 Å². The van der Waals surface area contributed by atoms with Crippen molar-refractivity contribution < 1.29 is 4.74 Å². The fourth-order valence-corrected chi connectivity index (χ4v) is 2.85. The summed E-state index contributed by atoms with van der Waals surface area (Å²) >= 11 is 0. The highest BCUT2D eigenvalue weighted by atomic mass is 16.5. The van der Waals surface area contributed by atoms with Crippen LogP contribution in [0.15, 0.2) is 60.7 Å². The molecular weight excluding hydrogens is 284 g/mol. The molecule has 0 radical (unpaired) electrons. The number of likely N-dealkylation sites (N-methyl/N-ethyl adjacent to an activating group) is 1. The van der Waals surface area contributed by atoms with E-state index < -0.39 is 0 Å². The smallest absolute Gasteiger partial charge is 0.108 e. The predicted octanol–water partition coefficient (Wildman–Crippen LogP) is 3.68. The first kappa shape index (κ1) is 17.7. The van der Waals surface area contributed by atoms with Crippen LogP contribution in [0, 0.1) is 0 Å². The van der Waals surface area contributed by atoms with E-state index in [2.05, 4.69) is 72.7 Å². The molecule has 0 spiro atoms. The summed E-state index contributed by atoms with van der Waals surface area (Å²) in [6.45, 7) is 3.79. The molecule has 0 aliphatic rings. The highest BCUT2D eigenvalue weighted by Crippen LogP contribution is 2.25. The normalized spacial score (nSPS) is 12.7. The van der Waals surface area contributed by atoms with Crippen molar-refractivity contribution in [2.45, 2.75) is 25.6 Å². The van der Waals surface area contributed by atoms with Crippen molar-refractivity contribution in [2.75, 3.05) is 27.2 Å². The Labute approximate surface area is 140 Å². The molecule has 0 fully saturated rings. The number of nitrogens with one attached hydrogen (secondary N) is 1. The molecule has 124 valence electrons. The van der Waals surface area contributed by atoms with Gasteiger partial charge in [-0.15, -0.1) is 0 Å². The zero-order valence-corrected chi connectivity index (χ0v) is 14.4. The van der Waals surface area contributed by atoms with E-state index in [1.54, 1.807) is 0 Å². The van der Waals surface area contributed by atoms with Crippen LogP contribution in [-0.2, 0) is 4.74 Å². The lowest BCUT2D eigenvalue weighted by molar-refractivity contribution is 0.0531. The molecule has 0 bridgehead atoms. The fraction of sp³-hybridized carbons (Fsp3) is 0.400. The van der Waals surface area contributed by atoms with Crippen LogP contribution < -0.4 is 5.32 Å². The quantitative estimate of drug-likeness (QED) is 0.715. The highest BCUT2D eigenvalue weighted by molar-refractivity contribution is 5.29. The van der Waals surface area contributed by atoms with Gasteiger partial charge in [0.25, 0.3) is 0 Å². The summed E-state index contributed by atoms with van der Waals surface area (Å²) in [5, 5.41) is 3.32. The van der Waals surface area contributed by atoms with Crippen LogP contribution >= 0.6 is 0 Å². The summed E-state index contributed by atoms with van der Waals surface area (Å²) in [6.07, 6.45) is 1.46. The van der Waals surface area contributed by atoms with Crippen LogP contribution in [0.2, 0.25) is 0 Å². The Bertz CT molecular complexity index is 501. The van der Waals surface area contributed by atoms with E-state index in [9.17, 15) is 0 Å². The summed E-state index contributed by atoms with van der Waals surface area (Å²) in [5.41, 5.74) is 2.39.